The second-order valence-corrected chi connectivity index (χ2v) is 14.3. The van der Waals surface area contributed by atoms with Crippen molar-refractivity contribution in [2.75, 3.05) is 24.9 Å². The maximum absolute atomic E-state index is 15.3. The molecule has 1 aromatic heterocycles. The maximum Gasteiger partial charge on any atom is 0.530 e. The molecule has 2 aliphatic heterocycles. The van der Waals surface area contributed by atoms with Gasteiger partial charge in [-0.05, 0) is 49.7 Å². The third kappa shape index (κ3) is 8.92. The van der Waals surface area contributed by atoms with Gasteiger partial charge in [-0.25, -0.2) is 18.7 Å². The van der Waals surface area contributed by atoms with Crippen molar-refractivity contribution >= 4 is 39.0 Å². The molecule has 3 aromatic rings. The van der Waals surface area contributed by atoms with Gasteiger partial charge in [-0.2, -0.15) is 13.8 Å². The van der Waals surface area contributed by atoms with Crippen LogP contribution in [0.5, 0.6) is 5.75 Å². The highest BCUT2D eigenvalue weighted by atomic mass is 35.5. The molecule has 0 spiro atoms. The monoisotopic (exact) mass is 749 g/mol. The molecule has 2 saturated heterocycles. The van der Waals surface area contributed by atoms with E-state index < -0.39 is 70.4 Å². The van der Waals surface area contributed by atoms with E-state index in [0.717, 1.165) is 12.3 Å². The molecule has 0 radical (unpaired) electrons. The standard InChI is InChI=1S/C29H32ClF2N3O12P2/c1-3-41-26(37)18(2)45-49(40,46-21-10-5-4-6-11-21)43-17-23-25(36)29(31,32)27(44-23)35-14-12-24(33-28(35)38)34-48(39)42-15-13-22(47-48)19-8-7-9-20(30)16-19/h4-12,14,16,18,22-23,25,27,36H,3,13,15,17H2,1-2H3,(H,33,34,38,39)/t18-,22?,23?,25-,27+,48?,49?/m0/s1. The van der Waals surface area contributed by atoms with E-state index >= 15 is 8.78 Å². The van der Waals surface area contributed by atoms with Crippen molar-refractivity contribution in [1.29, 1.82) is 0 Å². The van der Waals surface area contributed by atoms with Gasteiger partial charge in [0.2, 0.25) is 6.23 Å². The van der Waals surface area contributed by atoms with Crippen molar-refractivity contribution in [3.63, 3.8) is 0 Å². The van der Waals surface area contributed by atoms with Crippen molar-refractivity contribution < 1.29 is 59.9 Å². The van der Waals surface area contributed by atoms with Crippen molar-refractivity contribution in [1.82, 2.24) is 9.55 Å². The average Bonchev–Trinajstić information content (AvgIpc) is 3.27. The van der Waals surface area contributed by atoms with Crippen LogP contribution in [0.15, 0.2) is 71.7 Å². The van der Waals surface area contributed by atoms with Gasteiger partial charge in [0.15, 0.2) is 12.2 Å². The summed E-state index contributed by atoms with van der Waals surface area (Å²) in [7, 11) is -8.81. The second-order valence-electron chi connectivity index (χ2n) is 10.7. The van der Waals surface area contributed by atoms with Gasteiger partial charge in [-0.15, -0.1) is 0 Å². The number of carbonyl (C=O) groups is 1. The van der Waals surface area contributed by atoms with Crippen LogP contribution in [-0.2, 0) is 41.5 Å². The van der Waals surface area contributed by atoms with Gasteiger partial charge in [-0.3, -0.25) is 27.7 Å². The predicted octanol–water partition coefficient (Wildman–Crippen LogP) is 5.66. The first kappa shape index (κ1) is 37.0. The molecule has 7 atom stereocenters. The fraction of sp³-hybridized carbons (Fsp3) is 0.414. The number of benzene rings is 2. The fourth-order valence-corrected chi connectivity index (χ4v) is 7.80. The average molecular weight is 750 g/mol. The molecule has 0 saturated carbocycles. The zero-order valence-corrected chi connectivity index (χ0v) is 28.5. The second kappa shape index (κ2) is 15.3. The summed E-state index contributed by atoms with van der Waals surface area (Å²) in [5, 5.41) is 13.3. The number of halogens is 3. The van der Waals surface area contributed by atoms with Gasteiger partial charge in [0, 0.05) is 17.6 Å². The van der Waals surface area contributed by atoms with Gasteiger partial charge < -0.3 is 19.1 Å². The molecule has 2 aromatic carbocycles. The Morgan fingerprint density at radius 3 is 2.69 bits per heavy atom. The van der Waals surface area contributed by atoms with Crippen molar-refractivity contribution in [3.05, 3.63) is 87.9 Å². The minimum absolute atomic E-state index is 0.00404. The Labute approximate surface area is 283 Å². The zero-order valence-electron chi connectivity index (χ0n) is 25.9. The Balaban J connectivity index is 1.28. The summed E-state index contributed by atoms with van der Waals surface area (Å²) < 4.78 is 94.9. The van der Waals surface area contributed by atoms with Gasteiger partial charge >= 0.3 is 33.2 Å². The molecule has 0 aliphatic carbocycles. The fourth-order valence-electron chi connectivity index (χ4n) is 4.77. The molecule has 4 unspecified atom stereocenters. The minimum Gasteiger partial charge on any atom is -0.464 e. The zero-order chi connectivity index (χ0) is 35.4. The first-order valence-electron chi connectivity index (χ1n) is 14.8. The number of carbonyl (C=O) groups excluding carboxylic acids is 1. The van der Waals surface area contributed by atoms with Gasteiger partial charge in [0.05, 0.1) is 25.9 Å². The van der Waals surface area contributed by atoms with E-state index in [1.54, 1.807) is 49.4 Å². The molecule has 2 fully saturated rings. The number of aromatic nitrogens is 2. The number of hydrogen-bond donors (Lipinski definition) is 2. The Hall–Kier alpha value is -3.24. The van der Waals surface area contributed by atoms with Crippen LogP contribution in [0.1, 0.15) is 38.2 Å². The molecule has 0 amide bonds. The van der Waals surface area contributed by atoms with Gasteiger partial charge in [0.1, 0.15) is 17.7 Å². The summed E-state index contributed by atoms with van der Waals surface area (Å²) in [6, 6.07) is 15.3. The van der Waals surface area contributed by atoms with E-state index in [1.165, 1.54) is 19.1 Å². The summed E-state index contributed by atoms with van der Waals surface area (Å²) in [6.45, 7) is 1.79. The van der Waals surface area contributed by atoms with Crippen molar-refractivity contribution in [3.8, 4) is 5.75 Å². The maximum atomic E-state index is 15.3. The van der Waals surface area contributed by atoms with Crippen LogP contribution in [0.2, 0.25) is 5.02 Å². The number of phosphoric ester groups is 1. The molecule has 5 rings (SSSR count). The number of nitrogens with one attached hydrogen (secondary N) is 1. The van der Waals surface area contributed by atoms with Crippen molar-refractivity contribution in [2.24, 2.45) is 0 Å². The number of esters is 1. The lowest BCUT2D eigenvalue weighted by atomic mass is 10.1. The van der Waals surface area contributed by atoms with Crippen molar-refractivity contribution in [2.45, 2.75) is 56.8 Å². The summed E-state index contributed by atoms with van der Waals surface area (Å²) in [5.74, 6) is -5.31. The smallest absolute Gasteiger partial charge is 0.464 e. The first-order valence-corrected chi connectivity index (χ1v) is 18.2. The number of aliphatic hydroxyl groups is 1. The Bertz CT molecular complexity index is 1790. The van der Waals surface area contributed by atoms with Crippen LogP contribution in [0.4, 0.5) is 14.6 Å². The topological polar surface area (TPSA) is 183 Å². The molecule has 2 N–H and O–H groups in total. The number of para-hydroxylation sites is 1. The van der Waals surface area contributed by atoms with Crippen LogP contribution in [0, 0.1) is 0 Å². The lowest BCUT2D eigenvalue weighted by Crippen LogP contribution is -2.42. The number of aliphatic hydroxyl groups excluding tert-OH is 1. The molecule has 20 heteroatoms. The number of ether oxygens (including phenoxy) is 2. The Morgan fingerprint density at radius 2 is 2.00 bits per heavy atom. The molecule has 3 heterocycles. The summed E-state index contributed by atoms with van der Waals surface area (Å²) in [5.41, 5.74) is -0.634. The molecular weight excluding hydrogens is 718 g/mol. The van der Waals surface area contributed by atoms with E-state index in [9.17, 15) is 23.8 Å². The van der Waals surface area contributed by atoms with Crippen LogP contribution < -0.4 is 15.3 Å². The van der Waals surface area contributed by atoms with Gasteiger partial charge in [-0.1, -0.05) is 41.9 Å². The number of anilines is 1. The third-order valence-electron chi connectivity index (χ3n) is 7.10. The molecule has 15 nitrogen and oxygen atoms in total. The number of hydrogen-bond acceptors (Lipinski definition) is 13. The predicted molar refractivity (Wildman–Crippen MR) is 168 cm³/mol. The minimum atomic E-state index is -4.74. The quantitative estimate of drug-likeness (QED) is 0.161. The van der Waals surface area contributed by atoms with Crippen LogP contribution in [-0.4, -0.2) is 64.7 Å². The van der Waals surface area contributed by atoms with Gasteiger partial charge in [0.25, 0.3) is 0 Å². The number of rotatable bonds is 13. The lowest BCUT2D eigenvalue weighted by molar-refractivity contribution is -0.151. The Kier molecular flexibility index (Phi) is 11.6. The highest BCUT2D eigenvalue weighted by Gasteiger charge is 2.60. The van der Waals surface area contributed by atoms with E-state index in [0.29, 0.717) is 21.6 Å². The molecule has 0 bridgehead atoms. The highest BCUT2D eigenvalue weighted by Crippen LogP contribution is 2.55. The normalized spacial score (nSPS) is 26.7. The number of phosphoric acid groups is 1. The molecule has 266 valence electrons. The van der Waals surface area contributed by atoms with E-state index in [4.69, 9.17) is 43.7 Å². The number of nitrogens with zero attached hydrogens (tertiary/aromatic N) is 2. The Morgan fingerprint density at radius 1 is 1.24 bits per heavy atom. The first-order chi connectivity index (χ1) is 23.2. The third-order valence-corrected chi connectivity index (χ3v) is 10.4. The number of alkyl halides is 2. The lowest BCUT2D eigenvalue weighted by Gasteiger charge is -2.30. The van der Waals surface area contributed by atoms with Crippen LogP contribution in [0.25, 0.3) is 0 Å². The largest absolute Gasteiger partial charge is 0.530 e. The van der Waals surface area contributed by atoms with Crippen LogP contribution in [0.3, 0.4) is 0 Å². The molecule has 49 heavy (non-hydrogen) atoms. The summed E-state index contributed by atoms with van der Waals surface area (Å²) in [4.78, 5) is 28.7. The summed E-state index contributed by atoms with van der Waals surface area (Å²) in [6.07, 6.45) is -7.73. The SMILES string of the molecule is CCOC(=O)[C@H](C)OP(=O)(OCC1O[C@@H](n2ccc(NP3(=O)OCCC(c4cccc(Cl)c4)O3)nc2=O)C(F)(F)[C@H]1O)Oc1ccccc1. The van der Waals surface area contributed by atoms with E-state index in [2.05, 4.69) is 10.1 Å². The van der Waals surface area contributed by atoms with E-state index in [-0.39, 0.29) is 24.8 Å². The molecular formula is C29H32ClF2N3O12P2. The highest BCUT2D eigenvalue weighted by molar-refractivity contribution is 7.55. The van der Waals surface area contributed by atoms with E-state index in [1.807, 2.05) is 0 Å². The molecule has 2 aliphatic rings. The summed E-state index contributed by atoms with van der Waals surface area (Å²) >= 11 is 6.05. The van der Waals surface area contributed by atoms with Crippen LogP contribution >= 0.6 is 27.2 Å².